The molecule has 0 bridgehead atoms. The van der Waals surface area contributed by atoms with Crippen LogP contribution in [0.1, 0.15) is 18.4 Å². The molecule has 2 rings (SSSR count). The van der Waals surface area contributed by atoms with E-state index in [-0.39, 0.29) is 18.4 Å². The summed E-state index contributed by atoms with van der Waals surface area (Å²) >= 11 is 5.84. The van der Waals surface area contributed by atoms with E-state index in [1.54, 1.807) is 0 Å². The van der Waals surface area contributed by atoms with Crippen LogP contribution in [0.5, 0.6) is 0 Å². The number of morpholine rings is 1. The molecule has 1 aliphatic heterocycles. The van der Waals surface area contributed by atoms with Crippen LogP contribution in [0, 0.1) is 0 Å². The maximum absolute atomic E-state index is 11.8. The van der Waals surface area contributed by atoms with E-state index >= 15 is 0 Å². The Morgan fingerprint density at radius 1 is 1.08 bits per heavy atom. The molecule has 1 aromatic rings. The molecule has 0 spiro atoms. The molecule has 0 saturated carbocycles. The smallest absolute Gasteiger partial charge is 0.239 e. The van der Waals surface area contributed by atoms with E-state index in [1.807, 2.05) is 24.3 Å². The summed E-state index contributed by atoms with van der Waals surface area (Å²) in [5.74, 6) is -0.253. The molecule has 0 aliphatic carbocycles. The number of carbonyl (C=O) groups excluding carboxylic acids is 2. The highest BCUT2D eigenvalue weighted by molar-refractivity contribution is 6.30. The third-order valence-electron chi connectivity index (χ3n) is 4.08. The molecular formula is C18H26ClN3O3. The number of ether oxygens (including phenoxy) is 1. The zero-order valence-electron chi connectivity index (χ0n) is 14.4. The van der Waals surface area contributed by atoms with E-state index in [4.69, 9.17) is 16.3 Å². The largest absolute Gasteiger partial charge is 0.379 e. The lowest BCUT2D eigenvalue weighted by molar-refractivity contribution is -0.126. The van der Waals surface area contributed by atoms with Gasteiger partial charge in [0.05, 0.1) is 19.8 Å². The first kappa shape index (κ1) is 19.7. The van der Waals surface area contributed by atoms with E-state index in [0.717, 1.165) is 51.3 Å². The molecule has 1 aliphatic rings. The lowest BCUT2D eigenvalue weighted by atomic mass is 10.1. The lowest BCUT2D eigenvalue weighted by Gasteiger charge is -2.26. The normalized spacial score (nSPS) is 14.9. The Labute approximate surface area is 153 Å². The highest BCUT2D eigenvalue weighted by atomic mass is 35.5. The highest BCUT2D eigenvalue weighted by Gasteiger charge is 2.10. The van der Waals surface area contributed by atoms with Crippen molar-refractivity contribution in [1.29, 1.82) is 0 Å². The third kappa shape index (κ3) is 8.34. The van der Waals surface area contributed by atoms with E-state index in [0.29, 0.717) is 18.0 Å². The van der Waals surface area contributed by atoms with Gasteiger partial charge in [0.25, 0.3) is 0 Å². The Morgan fingerprint density at radius 2 is 1.80 bits per heavy atom. The minimum atomic E-state index is -0.153. The molecule has 0 unspecified atom stereocenters. The average Bonchev–Trinajstić information content (AvgIpc) is 2.62. The van der Waals surface area contributed by atoms with E-state index in [9.17, 15) is 9.59 Å². The zero-order valence-corrected chi connectivity index (χ0v) is 15.2. The molecule has 0 radical (unpaired) electrons. The fourth-order valence-electron chi connectivity index (χ4n) is 2.61. The zero-order chi connectivity index (χ0) is 17.9. The van der Waals surface area contributed by atoms with Crippen molar-refractivity contribution in [3.63, 3.8) is 0 Å². The monoisotopic (exact) mass is 367 g/mol. The molecule has 6 nitrogen and oxygen atoms in total. The number of benzene rings is 1. The number of amides is 2. The number of nitrogens with zero attached hydrogens (tertiary/aromatic N) is 1. The second-order valence-corrected chi connectivity index (χ2v) is 6.50. The lowest BCUT2D eigenvalue weighted by Crippen LogP contribution is -2.43. The molecule has 1 saturated heterocycles. The second-order valence-electron chi connectivity index (χ2n) is 6.06. The first-order valence-corrected chi connectivity index (χ1v) is 9.09. The molecule has 7 heteroatoms. The number of rotatable bonds is 9. The molecule has 2 N–H and O–H groups in total. The number of hydrogen-bond acceptors (Lipinski definition) is 4. The predicted molar refractivity (Wildman–Crippen MR) is 97.7 cm³/mol. The van der Waals surface area contributed by atoms with Crippen LogP contribution in [0.3, 0.4) is 0 Å². The van der Waals surface area contributed by atoms with Crippen molar-refractivity contribution >= 4 is 23.4 Å². The van der Waals surface area contributed by atoms with Crippen molar-refractivity contribution in [2.24, 2.45) is 0 Å². The first-order chi connectivity index (χ1) is 12.1. The summed E-state index contributed by atoms with van der Waals surface area (Å²) in [4.78, 5) is 25.8. The Bertz CT molecular complexity index is 545. The van der Waals surface area contributed by atoms with E-state index in [1.165, 1.54) is 0 Å². The van der Waals surface area contributed by atoms with Crippen LogP contribution in [0.15, 0.2) is 24.3 Å². The maximum atomic E-state index is 11.8. The summed E-state index contributed by atoms with van der Waals surface area (Å²) in [6.45, 7) is 4.73. The molecule has 2 amide bonds. The molecule has 1 aromatic carbocycles. The predicted octanol–water partition coefficient (Wildman–Crippen LogP) is 1.23. The number of carbonyl (C=O) groups is 2. The van der Waals surface area contributed by atoms with Gasteiger partial charge in [0, 0.05) is 37.6 Å². The van der Waals surface area contributed by atoms with Gasteiger partial charge in [-0.1, -0.05) is 23.7 Å². The fraction of sp³-hybridized carbons (Fsp3) is 0.556. The van der Waals surface area contributed by atoms with Crippen molar-refractivity contribution in [2.45, 2.75) is 19.3 Å². The van der Waals surface area contributed by atoms with Crippen LogP contribution >= 0.6 is 11.6 Å². The molecule has 0 atom stereocenters. The molecule has 25 heavy (non-hydrogen) atoms. The van der Waals surface area contributed by atoms with Gasteiger partial charge in [-0.25, -0.2) is 0 Å². The van der Waals surface area contributed by atoms with Gasteiger partial charge < -0.3 is 15.4 Å². The van der Waals surface area contributed by atoms with E-state index in [2.05, 4.69) is 15.5 Å². The summed E-state index contributed by atoms with van der Waals surface area (Å²) in [6, 6.07) is 7.61. The van der Waals surface area contributed by atoms with Crippen LogP contribution in [-0.4, -0.2) is 62.7 Å². The third-order valence-corrected chi connectivity index (χ3v) is 4.33. The van der Waals surface area contributed by atoms with Crippen molar-refractivity contribution in [3.8, 4) is 0 Å². The van der Waals surface area contributed by atoms with Gasteiger partial charge >= 0.3 is 0 Å². The van der Waals surface area contributed by atoms with Gasteiger partial charge in [0.15, 0.2) is 0 Å². The Hall–Kier alpha value is -1.63. The minimum absolute atomic E-state index is 0.0306. The average molecular weight is 368 g/mol. The number of halogens is 1. The number of nitrogens with one attached hydrogen (secondary N) is 2. The highest BCUT2D eigenvalue weighted by Crippen LogP contribution is 2.11. The summed E-state index contributed by atoms with van der Waals surface area (Å²) in [7, 11) is 0. The molecule has 0 aromatic heterocycles. The minimum Gasteiger partial charge on any atom is -0.379 e. The van der Waals surface area contributed by atoms with Gasteiger partial charge in [-0.15, -0.1) is 0 Å². The van der Waals surface area contributed by atoms with Crippen molar-refractivity contribution in [1.82, 2.24) is 15.5 Å². The Balaban J connectivity index is 1.50. The van der Waals surface area contributed by atoms with Crippen molar-refractivity contribution in [3.05, 3.63) is 34.9 Å². The van der Waals surface area contributed by atoms with Crippen LogP contribution in [-0.2, 0) is 20.7 Å². The van der Waals surface area contributed by atoms with Crippen LogP contribution < -0.4 is 10.6 Å². The number of hydrogen-bond donors (Lipinski definition) is 2. The van der Waals surface area contributed by atoms with Gasteiger partial charge in [-0.3, -0.25) is 14.5 Å². The quantitative estimate of drug-likeness (QED) is 0.688. The van der Waals surface area contributed by atoms with Crippen LogP contribution in [0.2, 0.25) is 5.02 Å². The van der Waals surface area contributed by atoms with Crippen LogP contribution in [0.25, 0.3) is 0 Å². The molecule has 138 valence electrons. The van der Waals surface area contributed by atoms with Gasteiger partial charge in [0.1, 0.15) is 0 Å². The van der Waals surface area contributed by atoms with Crippen molar-refractivity contribution < 1.29 is 14.3 Å². The first-order valence-electron chi connectivity index (χ1n) is 8.71. The Kier molecular flexibility index (Phi) is 8.72. The summed E-state index contributed by atoms with van der Waals surface area (Å²) < 4.78 is 5.28. The van der Waals surface area contributed by atoms with Gasteiger partial charge in [0.2, 0.25) is 11.8 Å². The Morgan fingerprint density at radius 3 is 2.52 bits per heavy atom. The maximum Gasteiger partial charge on any atom is 0.239 e. The molecular weight excluding hydrogens is 342 g/mol. The molecule has 1 heterocycles. The summed E-state index contributed by atoms with van der Waals surface area (Å²) in [5, 5.41) is 6.19. The second kappa shape index (κ2) is 11.1. The molecule has 1 fully saturated rings. The topological polar surface area (TPSA) is 70.7 Å². The summed E-state index contributed by atoms with van der Waals surface area (Å²) in [6.07, 6.45) is 1.96. The van der Waals surface area contributed by atoms with Crippen LogP contribution in [0.4, 0.5) is 0 Å². The van der Waals surface area contributed by atoms with Gasteiger partial charge in [-0.2, -0.15) is 0 Å². The van der Waals surface area contributed by atoms with E-state index < -0.39 is 0 Å². The van der Waals surface area contributed by atoms with Crippen molar-refractivity contribution in [2.75, 3.05) is 45.9 Å². The SMILES string of the molecule is O=C(CCCc1ccc(Cl)cc1)NCC(=O)NCCN1CCOCC1. The fourth-order valence-corrected chi connectivity index (χ4v) is 2.74. The number of aryl methyl sites for hydroxylation is 1. The standard InChI is InChI=1S/C18H26ClN3O3/c19-16-6-4-15(5-7-16)2-1-3-17(23)21-14-18(24)20-8-9-22-10-12-25-13-11-22/h4-7H,1-3,8-14H2,(H,20,24)(H,21,23). The van der Waals surface area contributed by atoms with Gasteiger partial charge in [-0.05, 0) is 30.5 Å². The summed E-state index contributed by atoms with van der Waals surface area (Å²) in [5.41, 5.74) is 1.15.